The summed E-state index contributed by atoms with van der Waals surface area (Å²) in [4.78, 5) is 12.2. The van der Waals surface area contributed by atoms with E-state index in [1.165, 1.54) is 24.3 Å². The normalized spacial score (nSPS) is 12.7. The van der Waals surface area contributed by atoms with Crippen molar-refractivity contribution < 1.29 is 18.0 Å². The van der Waals surface area contributed by atoms with Gasteiger partial charge in [-0.25, -0.2) is 0 Å². The van der Waals surface area contributed by atoms with Crippen molar-refractivity contribution in [1.29, 1.82) is 0 Å². The summed E-state index contributed by atoms with van der Waals surface area (Å²) in [7, 11) is 0. The number of rotatable bonds is 4. The van der Waals surface area contributed by atoms with Crippen molar-refractivity contribution in [2.75, 3.05) is 0 Å². The molecule has 0 aliphatic heterocycles. The highest BCUT2D eigenvalue weighted by Crippen LogP contribution is 2.29. The van der Waals surface area contributed by atoms with E-state index in [0.29, 0.717) is 5.56 Å². The van der Waals surface area contributed by atoms with Gasteiger partial charge in [-0.05, 0) is 47.5 Å². The fraction of sp³-hybridized carbons (Fsp3) is 0.136. The minimum Gasteiger partial charge on any atom is -0.345 e. The van der Waals surface area contributed by atoms with E-state index in [0.717, 1.165) is 28.5 Å². The average Bonchev–Trinajstić information content (AvgIpc) is 2.65. The van der Waals surface area contributed by atoms with Crippen LogP contribution in [0.5, 0.6) is 0 Å². The molecule has 5 heteroatoms. The van der Waals surface area contributed by atoms with Gasteiger partial charge in [0.05, 0.1) is 11.6 Å². The smallest absolute Gasteiger partial charge is 0.345 e. The van der Waals surface area contributed by atoms with Gasteiger partial charge in [0, 0.05) is 11.6 Å². The monoisotopic (exact) mass is 367 g/mol. The molecule has 0 saturated carbocycles. The molecule has 27 heavy (non-hydrogen) atoms. The maximum Gasteiger partial charge on any atom is 0.416 e. The zero-order chi connectivity index (χ0) is 19.4. The molecule has 0 aliphatic carbocycles. The van der Waals surface area contributed by atoms with Crippen LogP contribution < -0.4 is 5.32 Å². The highest BCUT2D eigenvalue weighted by atomic mass is 19.4. The Labute approximate surface area is 155 Å². The Bertz CT molecular complexity index is 987. The maximum atomic E-state index is 12.7. The van der Waals surface area contributed by atoms with Crippen LogP contribution in [0.15, 0.2) is 60.7 Å². The fourth-order valence-electron chi connectivity index (χ4n) is 2.79. The molecule has 0 spiro atoms. The Hall–Kier alpha value is -3.26. The van der Waals surface area contributed by atoms with Gasteiger partial charge in [-0.3, -0.25) is 4.79 Å². The van der Waals surface area contributed by atoms with Crippen LogP contribution in [0.4, 0.5) is 13.2 Å². The van der Waals surface area contributed by atoms with Crippen LogP contribution in [-0.2, 0) is 11.0 Å². The Morgan fingerprint density at radius 3 is 2.70 bits per heavy atom. The summed E-state index contributed by atoms with van der Waals surface area (Å²) in [5.41, 5.74) is 0.353. The first-order chi connectivity index (χ1) is 12.8. The largest absolute Gasteiger partial charge is 0.416 e. The number of carbonyl (C=O) groups excluding carboxylic acids is 1. The van der Waals surface area contributed by atoms with Gasteiger partial charge >= 0.3 is 6.18 Å². The van der Waals surface area contributed by atoms with E-state index in [1.54, 1.807) is 0 Å². The Morgan fingerprint density at radius 1 is 1.15 bits per heavy atom. The van der Waals surface area contributed by atoms with Gasteiger partial charge < -0.3 is 5.32 Å². The summed E-state index contributed by atoms with van der Waals surface area (Å²) in [6, 6.07) is 20.0. The maximum absolute atomic E-state index is 12.7. The topological polar surface area (TPSA) is 29.1 Å². The van der Waals surface area contributed by atoms with E-state index in [9.17, 15) is 18.0 Å². The third-order valence-corrected chi connectivity index (χ3v) is 4.12. The van der Waals surface area contributed by atoms with Crippen LogP contribution in [0.1, 0.15) is 29.7 Å². The highest BCUT2D eigenvalue weighted by molar-refractivity contribution is 5.92. The summed E-state index contributed by atoms with van der Waals surface area (Å²) in [6.07, 6.45) is -1.83. The molecule has 1 N–H and O–H groups in total. The van der Waals surface area contributed by atoms with Gasteiger partial charge in [-0.15, -0.1) is 0 Å². The van der Waals surface area contributed by atoms with Crippen LogP contribution in [-0.4, -0.2) is 5.91 Å². The van der Waals surface area contributed by atoms with Crippen LogP contribution in [0, 0.1) is 12.1 Å². The Morgan fingerprint density at radius 2 is 1.93 bits per heavy atom. The number of alkyl halides is 3. The van der Waals surface area contributed by atoms with Crippen molar-refractivity contribution in [1.82, 2.24) is 5.32 Å². The van der Waals surface area contributed by atoms with Crippen LogP contribution in [0.2, 0.25) is 0 Å². The number of halogens is 3. The molecule has 3 rings (SSSR count). The fourth-order valence-corrected chi connectivity index (χ4v) is 2.79. The van der Waals surface area contributed by atoms with Gasteiger partial charge in [0.25, 0.3) is 0 Å². The van der Waals surface area contributed by atoms with Gasteiger partial charge in [-0.1, -0.05) is 48.5 Å². The second-order valence-electron chi connectivity index (χ2n) is 6.10. The predicted octanol–water partition coefficient (Wildman–Crippen LogP) is 5.35. The molecular formula is C22H16F3NO. The summed E-state index contributed by atoms with van der Waals surface area (Å²) < 4.78 is 38.2. The van der Waals surface area contributed by atoms with Gasteiger partial charge in [0.15, 0.2) is 0 Å². The molecule has 0 aromatic heterocycles. The standard InChI is InChI=1S/C22H16F3NO/c1-15(19-11-5-8-17-7-2-3-10-20(17)19)26-21(27)13-12-16-6-4-9-18(14-16)22(23,24)25/h2-4,6-10,12-15H,1H3,(H,26,27)/b13-12+. The molecular weight excluding hydrogens is 351 g/mol. The quantitative estimate of drug-likeness (QED) is 0.619. The summed E-state index contributed by atoms with van der Waals surface area (Å²) in [5.74, 6) is -0.402. The zero-order valence-electron chi connectivity index (χ0n) is 14.5. The molecule has 0 aliphatic rings. The molecule has 1 amide bonds. The Balaban J connectivity index is 1.73. The number of hydrogen-bond donors (Lipinski definition) is 1. The first-order valence-corrected chi connectivity index (χ1v) is 8.31. The lowest BCUT2D eigenvalue weighted by atomic mass is 10.0. The van der Waals surface area contributed by atoms with E-state index in [-0.39, 0.29) is 6.04 Å². The van der Waals surface area contributed by atoms with E-state index in [1.807, 2.05) is 37.3 Å². The highest BCUT2D eigenvalue weighted by Gasteiger charge is 2.30. The molecule has 136 valence electrons. The van der Waals surface area contributed by atoms with E-state index >= 15 is 0 Å². The molecule has 0 bridgehead atoms. The molecule has 3 aromatic carbocycles. The molecule has 0 saturated heterocycles. The third-order valence-electron chi connectivity index (χ3n) is 4.12. The van der Waals surface area contributed by atoms with E-state index in [2.05, 4.69) is 17.4 Å². The first-order valence-electron chi connectivity index (χ1n) is 8.31. The molecule has 2 nitrogen and oxygen atoms in total. The number of carbonyl (C=O) groups is 1. The average molecular weight is 367 g/mol. The van der Waals surface area contributed by atoms with E-state index in [4.69, 9.17) is 0 Å². The third kappa shape index (κ3) is 4.48. The number of benzene rings is 2. The molecule has 0 radical (unpaired) electrons. The van der Waals surface area contributed by atoms with E-state index < -0.39 is 17.6 Å². The summed E-state index contributed by atoms with van der Waals surface area (Å²) in [6.45, 7) is 1.82. The second kappa shape index (κ2) is 7.55. The number of fused-ring (bicyclic) bond motifs is 1. The van der Waals surface area contributed by atoms with Gasteiger partial charge in [0.2, 0.25) is 5.91 Å². The molecule has 0 fully saturated rings. The van der Waals surface area contributed by atoms with Gasteiger partial charge in [0.1, 0.15) is 0 Å². The number of amides is 1. The molecule has 3 aromatic rings. The predicted molar refractivity (Wildman–Crippen MR) is 98.7 cm³/mol. The zero-order valence-corrected chi connectivity index (χ0v) is 14.5. The summed E-state index contributed by atoms with van der Waals surface area (Å²) in [5, 5.41) is 4.76. The van der Waals surface area contributed by atoms with Crippen LogP contribution in [0.25, 0.3) is 16.8 Å². The Kier molecular flexibility index (Phi) is 5.18. The van der Waals surface area contributed by atoms with Crippen molar-refractivity contribution in [2.45, 2.75) is 19.1 Å². The molecule has 0 heterocycles. The van der Waals surface area contributed by atoms with Crippen LogP contribution >= 0.6 is 0 Å². The van der Waals surface area contributed by atoms with Crippen molar-refractivity contribution in [3.63, 3.8) is 0 Å². The first kappa shape index (κ1) is 18.5. The minimum atomic E-state index is -4.42. The minimum absolute atomic E-state index is 0.303. The van der Waals surface area contributed by atoms with Crippen molar-refractivity contribution in [2.24, 2.45) is 0 Å². The van der Waals surface area contributed by atoms with Crippen LogP contribution in [0.3, 0.4) is 0 Å². The lowest BCUT2D eigenvalue weighted by Crippen LogP contribution is -2.24. The van der Waals surface area contributed by atoms with Crippen molar-refractivity contribution in [3.05, 3.63) is 89.5 Å². The lowest BCUT2D eigenvalue weighted by Gasteiger charge is -2.13. The number of hydrogen-bond acceptors (Lipinski definition) is 1. The lowest BCUT2D eigenvalue weighted by molar-refractivity contribution is -0.137. The van der Waals surface area contributed by atoms with Crippen molar-refractivity contribution >= 4 is 22.8 Å². The SMILES string of the molecule is CC(NC(=O)/C=C/c1cccc(C(F)(F)F)c1)c1c#ccc2ccccc12. The second-order valence-corrected chi connectivity index (χ2v) is 6.10. The summed E-state index contributed by atoms with van der Waals surface area (Å²) >= 11 is 0. The molecule has 1 atom stereocenters. The van der Waals surface area contributed by atoms with Gasteiger partial charge in [-0.2, -0.15) is 13.2 Å². The number of nitrogens with one attached hydrogen (secondary N) is 1. The van der Waals surface area contributed by atoms with Crippen molar-refractivity contribution in [3.8, 4) is 0 Å². The molecule has 1 unspecified atom stereocenters.